The molecule has 0 aliphatic heterocycles. The monoisotopic (exact) mass is 538 g/mol. The maximum absolute atomic E-state index is 12.8. The number of carbonyl (C=O) groups excluding carboxylic acids is 2. The molecule has 0 fully saturated rings. The Morgan fingerprint density at radius 3 is 1.68 bits per heavy atom. The zero-order chi connectivity index (χ0) is 24.7. The molecule has 0 aliphatic rings. The van der Waals surface area contributed by atoms with Crippen molar-refractivity contribution < 1.29 is 14.3 Å². The van der Waals surface area contributed by atoms with Gasteiger partial charge < -0.3 is 15.4 Å². The van der Waals surface area contributed by atoms with E-state index >= 15 is 0 Å². The van der Waals surface area contributed by atoms with Crippen LogP contribution in [0.5, 0.6) is 5.75 Å². The third kappa shape index (κ3) is 6.57. The van der Waals surface area contributed by atoms with Crippen LogP contribution in [0.15, 0.2) is 54.6 Å². The summed E-state index contributed by atoms with van der Waals surface area (Å²) >= 11 is 24.7. The van der Waals surface area contributed by atoms with Gasteiger partial charge in [-0.2, -0.15) is 0 Å². The van der Waals surface area contributed by atoms with Gasteiger partial charge in [-0.3, -0.25) is 9.59 Å². The SMILES string of the molecule is COc1ccc(C(=O)NCCc2c(Cl)cccc2Cl)cc1C(=O)NCCc1c(Cl)cccc1Cl. The lowest BCUT2D eigenvalue weighted by Crippen LogP contribution is -2.28. The molecule has 3 rings (SSSR count). The van der Waals surface area contributed by atoms with E-state index in [1.54, 1.807) is 48.5 Å². The van der Waals surface area contributed by atoms with Gasteiger partial charge in [0.05, 0.1) is 12.7 Å². The van der Waals surface area contributed by atoms with Crippen LogP contribution in [0.3, 0.4) is 0 Å². The molecule has 0 spiro atoms. The van der Waals surface area contributed by atoms with E-state index in [2.05, 4.69) is 10.6 Å². The van der Waals surface area contributed by atoms with Crippen LogP contribution in [0.25, 0.3) is 0 Å². The summed E-state index contributed by atoms with van der Waals surface area (Å²) in [7, 11) is 1.46. The van der Waals surface area contributed by atoms with E-state index in [1.807, 2.05) is 0 Å². The Balaban J connectivity index is 1.63. The minimum atomic E-state index is -0.377. The fourth-order valence-corrected chi connectivity index (χ4v) is 4.54. The maximum Gasteiger partial charge on any atom is 0.255 e. The number of amides is 2. The van der Waals surface area contributed by atoms with Gasteiger partial charge in [0.2, 0.25) is 0 Å². The number of ether oxygens (including phenoxy) is 1. The van der Waals surface area contributed by atoms with E-state index in [0.717, 1.165) is 11.1 Å². The molecular formula is C25H22Cl4N2O3. The summed E-state index contributed by atoms with van der Waals surface area (Å²) in [5.74, 6) is -0.354. The molecule has 0 unspecified atom stereocenters. The summed E-state index contributed by atoms with van der Waals surface area (Å²) in [6, 6.07) is 15.2. The van der Waals surface area contributed by atoms with Crippen molar-refractivity contribution in [1.82, 2.24) is 10.6 Å². The standard InChI is InChI=1S/C25H22Cl4N2O3/c1-34-23-9-8-15(24(32)30-12-10-16-19(26)4-2-5-20(16)27)14-18(23)25(33)31-13-11-17-21(28)6-3-7-22(17)29/h2-9,14H,10-13H2,1H3,(H,30,32)(H,31,33). The lowest BCUT2D eigenvalue weighted by atomic mass is 10.1. The van der Waals surface area contributed by atoms with Crippen LogP contribution in [0.2, 0.25) is 20.1 Å². The number of methoxy groups -OCH3 is 1. The van der Waals surface area contributed by atoms with E-state index < -0.39 is 0 Å². The molecule has 3 aromatic carbocycles. The smallest absolute Gasteiger partial charge is 0.255 e. The molecule has 0 radical (unpaired) electrons. The molecule has 3 aromatic rings. The summed E-state index contributed by atoms with van der Waals surface area (Å²) in [6.45, 7) is 0.634. The van der Waals surface area contributed by atoms with Gasteiger partial charge in [0.15, 0.2) is 0 Å². The van der Waals surface area contributed by atoms with Gasteiger partial charge in [-0.05, 0) is 66.4 Å². The molecule has 0 atom stereocenters. The van der Waals surface area contributed by atoms with Gasteiger partial charge in [0.1, 0.15) is 5.75 Å². The predicted molar refractivity (Wildman–Crippen MR) is 138 cm³/mol. The first-order valence-electron chi connectivity index (χ1n) is 10.4. The summed E-state index contributed by atoms with van der Waals surface area (Å²) in [5, 5.41) is 7.81. The fourth-order valence-electron chi connectivity index (χ4n) is 3.37. The molecule has 9 heteroatoms. The van der Waals surface area contributed by atoms with Crippen molar-refractivity contribution in [3.63, 3.8) is 0 Å². The first kappa shape index (κ1) is 26.2. The normalized spacial score (nSPS) is 10.6. The minimum absolute atomic E-state index is 0.245. The summed E-state index contributed by atoms with van der Waals surface area (Å²) in [5.41, 5.74) is 2.09. The Bertz CT molecular complexity index is 1160. The lowest BCUT2D eigenvalue weighted by molar-refractivity contribution is 0.0951. The Hall–Kier alpha value is -2.44. The predicted octanol–water partition coefficient (Wildman–Crippen LogP) is 6.25. The van der Waals surface area contributed by atoms with Crippen LogP contribution in [0.4, 0.5) is 0 Å². The van der Waals surface area contributed by atoms with Gasteiger partial charge in [-0.1, -0.05) is 58.5 Å². The molecule has 2 N–H and O–H groups in total. The van der Waals surface area contributed by atoms with Gasteiger partial charge in [0, 0.05) is 38.7 Å². The van der Waals surface area contributed by atoms with Crippen molar-refractivity contribution in [3.8, 4) is 5.75 Å². The number of halogens is 4. The molecule has 2 amide bonds. The van der Waals surface area contributed by atoms with Crippen LogP contribution in [-0.2, 0) is 12.8 Å². The molecule has 178 valence electrons. The molecule has 0 saturated carbocycles. The number of hydrogen-bond donors (Lipinski definition) is 2. The molecule has 34 heavy (non-hydrogen) atoms. The second-order valence-corrected chi connectivity index (χ2v) is 8.96. The van der Waals surface area contributed by atoms with Crippen LogP contribution < -0.4 is 15.4 Å². The molecule has 0 bridgehead atoms. The van der Waals surface area contributed by atoms with Crippen molar-refractivity contribution in [2.75, 3.05) is 20.2 Å². The highest BCUT2D eigenvalue weighted by Crippen LogP contribution is 2.26. The summed E-state index contributed by atoms with van der Waals surface area (Å²) in [4.78, 5) is 25.5. The maximum atomic E-state index is 12.8. The van der Waals surface area contributed by atoms with Gasteiger partial charge in [0.25, 0.3) is 11.8 Å². The number of nitrogens with one attached hydrogen (secondary N) is 2. The van der Waals surface area contributed by atoms with Crippen molar-refractivity contribution in [2.45, 2.75) is 12.8 Å². The average Bonchev–Trinajstić information content (AvgIpc) is 2.82. The number of carbonyl (C=O) groups is 2. The Kier molecular flexibility index (Phi) is 9.48. The Morgan fingerprint density at radius 2 is 1.21 bits per heavy atom. The van der Waals surface area contributed by atoms with Crippen molar-refractivity contribution in [3.05, 3.63) is 96.9 Å². The second-order valence-electron chi connectivity index (χ2n) is 7.33. The molecule has 0 aromatic heterocycles. The highest BCUT2D eigenvalue weighted by molar-refractivity contribution is 6.36. The van der Waals surface area contributed by atoms with Gasteiger partial charge >= 0.3 is 0 Å². The topological polar surface area (TPSA) is 67.4 Å². The molecule has 0 saturated heterocycles. The third-order valence-corrected chi connectivity index (χ3v) is 6.57. The minimum Gasteiger partial charge on any atom is -0.496 e. The highest BCUT2D eigenvalue weighted by atomic mass is 35.5. The first-order valence-corrected chi connectivity index (χ1v) is 11.9. The van der Waals surface area contributed by atoms with Crippen molar-refractivity contribution >= 4 is 58.2 Å². The fraction of sp³-hybridized carbons (Fsp3) is 0.200. The van der Waals surface area contributed by atoms with Crippen LogP contribution in [0.1, 0.15) is 31.8 Å². The van der Waals surface area contributed by atoms with Crippen LogP contribution in [0, 0.1) is 0 Å². The Morgan fingerprint density at radius 1 is 0.735 bits per heavy atom. The largest absolute Gasteiger partial charge is 0.496 e. The van der Waals surface area contributed by atoms with Crippen molar-refractivity contribution in [2.24, 2.45) is 0 Å². The quantitative estimate of drug-likeness (QED) is 0.337. The molecule has 0 aliphatic carbocycles. The molecule has 5 nitrogen and oxygen atoms in total. The average molecular weight is 540 g/mol. The first-order chi connectivity index (χ1) is 16.3. The zero-order valence-corrected chi connectivity index (χ0v) is 21.3. The lowest BCUT2D eigenvalue weighted by Gasteiger charge is -2.13. The Labute approximate surface area is 218 Å². The van der Waals surface area contributed by atoms with Gasteiger partial charge in [-0.25, -0.2) is 0 Å². The van der Waals surface area contributed by atoms with E-state index in [4.69, 9.17) is 51.1 Å². The van der Waals surface area contributed by atoms with Crippen LogP contribution in [-0.4, -0.2) is 32.0 Å². The molecular weight excluding hydrogens is 518 g/mol. The number of rotatable bonds is 9. The zero-order valence-electron chi connectivity index (χ0n) is 18.3. The van der Waals surface area contributed by atoms with E-state index in [0.29, 0.717) is 57.3 Å². The number of benzene rings is 3. The highest BCUT2D eigenvalue weighted by Gasteiger charge is 2.16. The van der Waals surface area contributed by atoms with Crippen LogP contribution >= 0.6 is 46.4 Å². The number of hydrogen-bond acceptors (Lipinski definition) is 3. The van der Waals surface area contributed by atoms with E-state index in [9.17, 15) is 9.59 Å². The summed E-state index contributed by atoms with van der Waals surface area (Å²) < 4.78 is 5.31. The van der Waals surface area contributed by atoms with E-state index in [1.165, 1.54) is 13.2 Å². The second kappa shape index (κ2) is 12.3. The molecule has 0 heterocycles. The van der Waals surface area contributed by atoms with Crippen molar-refractivity contribution in [1.29, 1.82) is 0 Å². The van der Waals surface area contributed by atoms with E-state index in [-0.39, 0.29) is 17.4 Å². The summed E-state index contributed by atoms with van der Waals surface area (Å²) in [6.07, 6.45) is 0.926. The third-order valence-electron chi connectivity index (χ3n) is 5.15. The van der Waals surface area contributed by atoms with Gasteiger partial charge in [-0.15, -0.1) is 0 Å².